The molecule has 2 fully saturated rings. The molecule has 1 unspecified atom stereocenters. The Hall–Kier alpha value is -0.0800. The number of hydrogen-bond acceptors (Lipinski definition) is 2. The van der Waals surface area contributed by atoms with E-state index in [2.05, 4.69) is 17.1 Å². The Labute approximate surface area is 69.0 Å². The van der Waals surface area contributed by atoms with Gasteiger partial charge in [0.25, 0.3) is 0 Å². The van der Waals surface area contributed by atoms with Gasteiger partial charge in [0.15, 0.2) is 0 Å². The van der Waals surface area contributed by atoms with Gasteiger partial charge in [0, 0.05) is 19.1 Å². The fraction of sp³-hybridized carbons (Fsp3) is 1.00. The molecule has 0 aromatic heterocycles. The van der Waals surface area contributed by atoms with Crippen LogP contribution in [-0.4, -0.2) is 37.1 Å². The lowest BCUT2D eigenvalue weighted by molar-refractivity contribution is 0.269. The average molecular weight is 154 g/mol. The van der Waals surface area contributed by atoms with E-state index in [0.717, 1.165) is 18.5 Å². The first-order chi connectivity index (χ1) is 5.40. The molecule has 0 aromatic carbocycles. The zero-order valence-corrected chi connectivity index (χ0v) is 7.34. The summed E-state index contributed by atoms with van der Waals surface area (Å²) in [7, 11) is 0. The number of fused-ring (bicyclic) bond motifs is 2. The lowest BCUT2D eigenvalue weighted by Gasteiger charge is -2.21. The van der Waals surface area contributed by atoms with Crippen LogP contribution in [0, 0.1) is 5.92 Å². The van der Waals surface area contributed by atoms with Crippen LogP contribution in [-0.2, 0) is 0 Å². The molecule has 2 nitrogen and oxygen atoms in total. The van der Waals surface area contributed by atoms with Crippen LogP contribution in [0.3, 0.4) is 0 Å². The van der Waals surface area contributed by atoms with E-state index in [-0.39, 0.29) is 0 Å². The van der Waals surface area contributed by atoms with Crippen LogP contribution in [0.4, 0.5) is 0 Å². The molecule has 11 heavy (non-hydrogen) atoms. The van der Waals surface area contributed by atoms with E-state index in [0.29, 0.717) is 0 Å². The molecule has 2 rings (SSSR count). The van der Waals surface area contributed by atoms with Crippen LogP contribution in [0.2, 0.25) is 0 Å². The maximum absolute atomic E-state index is 3.57. The normalized spacial score (nSPS) is 42.8. The molecule has 2 bridgehead atoms. The molecule has 0 aliphatic carbocycles. The zero-order valence-electron chi connectivity index (χ0n) is 7.34. The predicted molar refractivity (Wildman–Crippen MR) is 46.6 cm³/mol. The molecule has 0 aromatic rings. The highest BCUT2D eigenvalue weighted by Gasteiger charge is 2.34. The first-order valence-corrected chi connectivity index (χ1v) is 4.86. The molecule has 2 saturated heterocycles. The first kappa shape index (κ1) is 7.56. The van der Waals surface area contributed by atoms with E-state index >= 15 is 0 Å². The standard InChI is InChI=1S/C9H18N2/c1-2-10-9-7-11-5-3-4-8(9)6-11/h8-10H,2-7H2,1H3/t8-,9+/m1/s1. The summed E-state index contributed by atoms with van der Waals surface area (Å²) in [4.78, 5) is 2.60. The highest BCUT2D eigenvalue weighted by molar-refractivity contribution is 4.91. The van der Waals surface area contributed by atoms with Gasteiger partial charge in [0.2, 0.25) is 0 Å². The highest BCUT2D eigenvalue weighted by Crippen LogP contribution is 2.26. The Kier molecular flexibility index (Phi) is 2.14. The topological polar surface area (TPSA) is 15.3 Å². The first-order valence-electron chi connectivity index (χ1n) is 4.86. The summed E-state index contributed by atoms with van der Waals surface area (Å²) in [6.45, 7) is 7.35. The van der Waals surface area contributed by atoms with Crippen molar-refractivity contribution >= 4 is 0 Å². The SMILES string of the molecule is CCN[C@H]1CN2CCC[C@@H]1C2. The van der Waals surface area contributed by atoms with Crippen molar-refractivity contribution in [1.29, 1.82) is 0 Å². The minimum absolute atomic E-state index is 0.808. The second-order valence-electron chi connectivity index (χ2n) is 3.83. The largest absolute Gasteiger partial charge is 0.313 e. The van der Waals surface area contributed by atoms with Gasteiger partial charge in [-0.25, -0.2) is 0 Å². The molecule has 2 heterocycles. The van der Waals surface area contributed by atoms with Crippen LogP contribution in [0.5, 0.6) is 0 Å². The zero-order chi connectivity index (χ0) is 7.68. The van der Waals surface area contributed by atoms with E-state index in [1.807, 2.05) is 0 Å². The molecule has 2 heteroatoms. The molecule has 1 N–H and O–H groups in total. The number of nitrogens with one attached hydrogen (secondary N) is 1. The Morgan fingerprint density at radius 3 is 3.09 bits per heavy atom. The van der Waals surface area contributed by atoms with Crippen LogP contribution in [0.25, 0.3) is 0 Å². The smallest absolute Gasteiger partial charge is 0.0235 e. The predicted octanol–water partition coefficient (Wildman–Crippen LogP) is 0.690. The van der Waals surface area contributed by atoms with Gasteiger partial charge < -0.3 is 10.2 Å². The van der Waals surface area contributed by atoms with Crippen LogP contribution >= 0.6 is 0 Å². The lowest BCUT2D eigenvalue weighted by atomic mass is 9.97. The van der Waals surface area contributed by atoms with Gasteiger partial charge in [0.1, 0.15) is 0 Å². The Bertz CT molecular complexity index is 136. The second kappa shape index (κ2) is 3.11. The summed E-state index contributed by atoms with van der Waals surface area (Å²) in [6.07, 6.45) is 2.88. The van der Waals surface area contributed by atoms with E-state index in [1.165, 1.54) is 32.5 Å². The van der Waals surface area contributed by atoms with Crippen molar-refractivity contribution in [2.24, 2.45) is 5.92 Å². The molecule has 0 amide bonds. The monoisotopic (exact) mass is 154 g/mol. The fourth-order valence-corrected chi connectivity index (χ4v) is 2.51. The molecule has 0 saturated carbocycles. The van der Waals surface area contributed by atoms with Crippen LogP contribution in [0.15, 0.2) is 0 Å². The highest BCUT2D eigenvalue weighted by atomic mass is 15.2. The van der Waals surface area contributed by atoms with Gasteiger partial charge in [-0.15, -0.1) is 0 Å². The quantitative estimate of drug-likeness (QED) is 0.629. The van der Waals surface area contributed by atoms with E-state index in [9.17, 15) is 0 Å². The molecule has 3 atom stereocenters. The van der Waals surface area contributed by atoms with E-state index in [4.69, 9.17) is 0 Å². The molecular weight excluding hydrogens is 136 g/mol. The van der Waals surface area contributed by atoms with Gasteiger partial charge >= 0.3 is 0 Å². The van der Waals surface area contributed by atoms with Crippen molar-refractivity contribution in [2.45, 2.75) is 25.8 Å². The van der Waals surface area contributed by atoms with Crippen molar-refractivity contribution in [3.8, 4) is 0 Å². The maximum atomic E-state index is 3.57. The lowest BCUT2D eigenvalue weighted by Crippen LogP contribution is -2.35. The third kappa shape index (κ3) is 1.42. The second-order valence-corrected chi connectivity index (χ2v) is 3.83. The summed E-state index contributed by atoms with van der Waals surface area (Å²) < 4.78 is 0. The summed E-state index contributed by atoms with van der Waals surface area (Å²) >= 11 is 0. The molecule has 0 radical (unpaired) electrons. The summed E-state index contributed by atoms with van der Waals surface area (Å²) in [5.74, 6) is 0.962. The minimum Gasteiger partial charge on any atom is -0.313 e. The van der Waals surface area contributed by atoms with Crippen molar-refractivity contribution in [1.82, 2.24) is 10.2 Å². The molecule has 0 spiro atoms. The third-order valence-electron chi connectivity index (χ3n) is 3.03. The Balaban J connectivity index is 1.92. The Morgan fingerprint density at radius 1 is 1.45 bits per heavy atom. The van der Waals surface area contributed by atoms with Crippen molar-refractivity contribution < 1.29 is 0 Å². The van der Waals surface area contributed by atoms with Gasteiger partial charge in [-0.2, -0.15) is 0 Å². The average Bonchev–Trinajstić information content (AvgIpc) is 2.29. The van der Waals surface area contributed by atoms with Crippen molar-refractivity contribution in [3.63, 3.8) is 0 Å². The molecular formula is C9H18N2. The molecule has 64 valence electrons. The van der Waals surface area contributed by atoms with Gasteiger partial charge in [0.05, 0.1) is 0 Å². The van der Waals surface area contributed by atoms with Gasteiger partial charge in [-0.05, 0) is 31.8 Å². The number of rotatable bonds is 2. The van der Waals surface area contributed by atoms with Crippen LogP contribution in [0.1, 0.15) is 19.8 Å². The summed E-state index contributed by atoms with van der Waals surface area (Å²) in [5, 5.41) is 3.57. The minimum atomic E-state index is 0.808. The van der Waals surface area contributed by atoms with Crippen LogP contribution < -0.4 is 5.32 Å². The molecule has 2 aliphatic heterocycles. The maximum Gasteiger partial charge on any atom is 0.0235 e. The number of nitrogens with zero attached hydrogens (tertiary/aromatic N) is 1. The van der Waals surface area contributed by atoms with E-state index in [1.54, 1.807) is 0 Å². The summed E-state index contributed by atoms with van der Waals surface area (Å²) in [6, 6.07) is 0.808. The number of likely N-dealkylation sites (N-methyl/N-ethyl adjacent to an activating group) is 1. The Morgan fingerprint density at radius 2 is 2.36 bits per heavy atom. The van der Waals surface area contributed by atoms with E-state index < -0.39 is 0 Å². The van der Waals surface area contributed by atoms with Gasteiger partial charge in [-0.1, -0.05) is 6.92 Å². The number of hydrogen-bond donors (Lipinski definition) is 1. The third-order valence-corrected chi connectivity index (χ3v) is 3.03. The van der Waals surface area contributed by atoms with Crippen molar-refractivity contribution in [2.75, 3.05) is 26.2 Å². The molecule has 2 aliphatic rings. The van der Waals surface area contributed by atoms with Crippen molar-refractivity contribution in [3.05, 3.63) is 0 Å². The summed E-state index contributed by atoms with van der Waals surface area (Å²) in [5.41, 5.74) is 0. The van der Waals surface area contributed by atoms with Gasteiger partial charge in [-0.3, -0.25) is 0 Å². The fourth-order valence-electron chi connectivity index (χ4n) is 2.51. The number of piperidine rings is 1.